The number of nitrogens with zero attached hydrogens (tertiary/aromatic N) is 1. The predicted molar refractivity (Wildman–Crippen MR) is 99.4 cm³/mol. The highest BCUT2D eigenvalue weighted by Crippen LogP contribution is 2.27. The molecule has 2 atom stereocenters. The normalized spacial score (nSPS) is 24.0. The maximum atomic E-state index is 12.7. The van der Waals surface area contributed by atoms with Crippen LogP contribution in [0, 0.1) is 0 Å². The second-order valence-electron chi connectivity index (χ2n) is 7.80. The van der Waals surface area contributed by atoms with Gasteiger partial charge in [0, 0.05) is 15.0 Å². The molecule has 0 aromatic heterocycles. The van der Waals surface area contributed by atoms with Crippen LogP contribution >= 0.6 is 0 Å². The van der Waals surface area contributed by atoms with Gasteiger partial charge in [-0.25, -0.2) is 0 Å². The number of hydrogen-bond acceptors (Lipinski definition) is 5. The van der Waals surface area contributed by atoms with Gasteiger partial charge in [0.15, 0.2) is 0 Å². The molecular weight excluding hydrogens is 334 g/mol. The molecule has 0 radical (unpaired) electrons. The molecule has 0 bridgehead atoms. The summed E-state index contributed by atoms with van der Waals surface area (Å²) < 4.78 is 0. The fourth-order valence-corrected chi connectivity index (χ4v) is 3.30. The fraction of sp³-hybridized carbons (Fsp3) is 0.474. The van der Waals surface area contributed by atoms with Gasteiger partial charge in [0.25, 0.3) is 5.91 Å². The summed E-state index contributed by atoms with van der Waals surface area (Å²) >= 11 is 0. The van der Waals surface area contributed by atoms with Crippen molar-refractivity contribution in [3.8, 4) is 0 Å². The quantitative estimate of drug-likeness (QED) is 0.801. The van der Waals surface area contributed by atoms with E-state index in [1.165, 1.54) is 0 Å². The van der Waals surface area contributed by atoms with Gasteiger partial charge in [-0.05, 0) is 29.5 Å². The third kappa shape index (κ3) is 3.47. The van der Waals surface area contributed by atoms with Gasteiger partial charge in [-0.1, -0.05) is 32.9 Å². The lowest BCUT2D eigenvalue weighted by atomic mass is 9.87. The zero-order chi connectivity index (χ0) is 19.1. The van der Waals surface area contributed by atoms with Crippen LogP contribution in [0.15, 0.2) is 24.3 Å². The predicted octanol–water partition coefficient (Wildman–Crippen LogP) is 1.82. The summed E-state index contributed by atoms with van der Waals surface area (Å²) in [5.74, 6) is -1.78. The van der Waals surface area contributed by atoms with E-state index in [9.17, 15) is 19.2 Å². The summed E-state index contributed by atoms with van der Waals surface area (Å²) in [5.41, 5.74) is 1.83. The number of benzene rings is 1. The highest BCUT2D eigenvalue weighted by Gasteiger charge is 2.46. The van der Waals surface area contributed by atoms with Crippen molar-refractivity contribution in [1.82, 2.24) is 10.2 Å². The van der Waals surface area contributed by atoms with E-state index in [0.29, 0.717) is 0 Å². The van der Waals surface area contributed by atoms with E-state index in [1.54, 1.807) is 0 Å². The Morgan fingerprint density at radius 2 is 1.92 bits per heavy atom. The van der Waals surface area contributed by atoms with Gasteiger partial charge < -0.3 is 5.32 Å². The molecule has 1 aromatic rings. The van der Waals surface area contributed by atoms with Gasteiger partial charge >= 0.3 is 0 Å². The summed E-state index contributed by atoms with van der Waals surface area (Å²) in [6, 6.07) is 6.13. The van der Waals surface area contributed by atoms with Crippen molar-refractivity contribution in [3.63, 3.8) is 0 Å². The summed E-state index contributed by atoms with van der Waals surface area (Å²) in [4.78, 5) is 49.3. The average Bonchev–Trinajstić information content (AvgIpc) is 2.82. The summed E-state index contributed by atoms with van der Waals surface area (Å²) in [7, 11) is 0. The van der Waals surface area contributed by atoms with Crippen molar-refractivity contribution < 1.29 is 22.0 Å². The van der Waals surface area contributed by atoms with Crippen LogP contribution in [0.1, 0.15) is 48.5 Å². The molecular formula is C19H27N3O4. The molecule has 26 heavy (non-hydrogen) atoms. The van der Waals surface area contributed by atoms with E-state index in [0.717, 1.165) is 16.2 Å². The van der Waals surface area contributed by atoms with Crippen LogP contribution in [0.25, 0.3) is 0 Å². The summed E-state index contributed by atoms with van der Waals surface area (Å²) in [6.07, 6.45) is 0.296. The first-order chi connectivity index (χ1) is 12.2. The second-order valence-corrected chi connectivity index (χ2v) is 7.80. The molecule has 1 aromatic carbocycles. The average molecular weight is 361 g/mol. The summed E-state index contributed by atoms with van der Waals surface area (Å²) in [5, 5.41) is 5.31. The highest BCUT2D eigenvalue weighted by molar-refractivity contribution is 6.11. The minimum Gasteiger partial charge on any atom is -0.373 e. The molecule has 2 fully saturated rings. The molecule has 2 heterocycles. The van der Waals surface area contributed by atoms with E-state index in [1.807, 2.05) is 24.3 Å². The molecule has 2 aliphatic heterocycles. The minimum absolute atomic E-state index is 0. The Balaban J connectivity index is 0.00000196. The Labute approximate surface area is 155 Å². The van der Waals surface area contributed by atoms with Gasteiger partial charge in [-0.3, -0.25) is 29.4 Å². The maximum Gasteiger partial charge on any atom is 0.252 e. The first kappa shape index (κ1) is 18.1. The van der Waals surface area contributed by atoms with Crippen LogP contribution < -0.4 is 10.6 Å². The molecule has 142 valence electrons. The molecule has 2 aliphatic rings. The van der Waals surface area contributed by atoms with Crippen LogP contribution in [0.2, 0.25) is 0 Å². The van der Waals surface area contributed by atoms with Crippen molar-refractivity contribution in [2.75, 3.05) is 5.32 Å². The summed E-state index contributed by atoms with van der Waals surface area (Å²) in [6.45, 7) is 6.29. The van der Waals surface area contributed by atoms with Crippen molar-refractivity contribution in [2.24, 2.45) is 0 Å². The van der Waals surface area contributed by atoms with Crippen molar-refractivity contribution in [3.05, 3.63) is 29.8 Å². The minimum atomic E-state index is -0.902. The molecule has 0 saturated carbocycles. The molecule has 3 rings (SSSR count). The number of carbonyl (C=O) groups is 4. The van der Waals surface area contributed by atoms with E-state index < -0.39 is 29.8 Å². The lowest BCUT2D eigenvalue weighted by molar-refractivity contribution is -0.150. The van der Waals surface area contributed by atoms with Gasteiger partial charge in [-0.15, -0.1) is 0 Å². The number of likely N-dealkylation sites (tertiary alicyclic amines) is 1. The van der Waals surface area contributed by atoms with Crippen molar-refractivity contribution in [1.29, 1.82) is 0 Å². The Kier molecular flexibility index (Phi) is 4.56. The Bertz CT molecular complexity index is 792. The fourth-order valence-electron chi connectivity index (χ4n) is 3.30. The Hall–Kier alpha value is -2.70. The molecule has 7 nitrogen and oxygen atoms in total. The van der Waals surface area contributed by atoms with E-state index >= 15 is 0 Å². The third-order valence-corrected chi connectivity index (χ3v) is 4.77. The van der Waals surface area contributed by atoms with Crippen LogP contribution in [0.5, 0.6) is 0 Å². The van der Waals surface area contributed by atoms with Gasteiger partial charge in [0.1, 0.15) is 12.1 Å². The molecule has 2 saturated heterocycles. The third-order valence-electron chi connectivity index (χ3n) is 4.77. The standard InChI is InChI=1S/C19H23N3O4.2H2/c1-19(2,3)11-5-4-6-12(9-11)20-13-10-16(24)22(18(13)26)14-7-8-15(23)21-17(14)25;;/h4-6,9,13-14,20H,7-8,10H2,1-3H3,(H,21,23,25);2*1H. The SMILES string of the molecule is CC(C)(C)c1cccc(NC2CC(=O)N(C3CCC(=O)NC3=O)C2=O)c1.[HH].[HH]. The van der Waals surface area contributed by atoms with Crippen LogP contribution in [0.3, 0.4) is 0 Å². The topological polar surface area (TPSA) is 95.6 Å². The van der Waals surface area contributed by atoms with Crippen molar-refractivity contribution >= 4 is 29.3 Å². The molecule has 0 aliphatic carbocycles. The van der Waals surface area contributed by atoms with E-state index in [2.05, 4.69) is 31.4 Å². The van der Waals surface area contributed by atoms with Crippen LogP contribution in [-0.2, 0) is 24.6 Å². The number of anilines is 1. The lowest BCUT2D eigenvalue weighted by Crippen LogP contribution is -2.54. The largest absolute Gasteiger partial charge is 0.373 e. The van der Waals surface area contributed by atoms with E-state index in [4.69, 9.17) is 0 Å². The number of imide groups is 2. The zero-order valence-electron chi connectivity index (χ0n) is 15.2. The zero-order valence-corrected chi connectivity index (χ0v) is 15.2. The molecule has 4 amide bonds. The highest BCUT2D eigenvalue weighted by atomic mass is 16.2. The molecule has 7 heteroatoms. The number of carbonyl (C=O) groups excluding carboxylic acids is 4. The monoisotopic (exact) mass is 361 g/mol. The lowest BCUT2D eigenvalue weighted by Gasteiger charge is -2.28. The number of piperidine rings is 1. The van der Waals surface area contributed by atoms with E-state index in [-0.39, 0.29) is 33.4 Å². The smallest absolute Gasteiger partial charge is 0.252 e. The second kappa shape index (κ2) is 6.55. The molecule has 2 unspecified atom stereocenters. The molecule has 2 N–H and O–H groups in total. The first-order valence-corrected chi connectivity index (χ1v) is 8.73. The van der Waals surface area contributed by atoms with Crippen LogP contribution in [-0.4, -0.2) is 40.6 Å². The van der Waals surface area contributed by atoms with Crippen molar-refractivity contribution in [2.45, 2.75) is 57.5 Å². The van der Waals surface area contributed by atoms with Crippen LogP contribution in [0.4, 0.5) is 5.69 Å². The maximum absolute atomic E-state index is 12.7. The number of rotatable bonds is 3. The van der Waals surface area contributed by atoms with Gasteiger partial charge in [-0.2, -0.15) is 0 Å². The first-order valence-electron chi connectivity index (χ1n) is 8.73. The number of nitrogens with one attached hydrogen (secondary N) is 2. The van der Waals surface area contributed by atoms with Gasteiger partial charge in [0.05, 0.1) is 6.42 Å². The Morgan fingerprint density at radius 1 is 1.19 bits per heavy atom. The number of amides is 4. The van der Waals surface area contributed by atoms with Gasteiger partial charge in [0.2, 0.25) is 17.7 Å². The molecule has 0 spiro atoms. The number of hydrogen-bond donors (Lipinski definition) is 2. The Morgan fingerprint density at radius 3 is 2.58 bits per heavy atom.